The van der Waals surface area contributed by atoms with Crippen molar-refractivity contribution >= 4 is 27.4 Å². The van der Waals surface area contributed by atoms with Gasteiger partial charge in [-0.05, 0) is 46.8 Å². The zero-order valence-electron chi connectivity index (χ0n) is 18.1. The maximum atomic E-state index is 12.2. The molecule has 0 aliphatic heterocycles. The minimum Gasteiger partial charge on any atom is -0.492 e. The van der Waals surface area contributed by atoms with Crippen LogP contribution in [0, 0.1) is 0 Å². The largest absolute Gasteiger partial charge is 0.492 e. The summed E-state index contributed by atoms with van der Waals surface area (Å²) in [5, 5.41) is 9.67. The molecule has 0 saturated heterocycles. The van der Waals surface area contributed by atoms with Gasteiger partial charge in [-0.3, -0.25) is 5.32 Å². The molecular weight excluding hydrogens is 403 g/mol. The summed E-state index contributed by atoms with van der Waals surface area (Å²) in [4.78, 5) is 9.49. The van der Waals surface area contributed by atoms with Gasteiger partial charge in [-0.1, -0.05) is 0 Å². The quantitative estimate of drug-likeness (QED) is 0.355. The maximum absolute atomic E-state index is 12.2. The van der Waals surface area contributed by atoms with Crippen molar-refractivity contribution in [3.05, 3.63) is 29.6 Å². The molecule has 3 aromatic rings. The number of pyridine rings is 1. The Kier molecular flexibility index (Phi) is 7.10. The summed E-state index contributed by atoms with van der Waals surface area (Å²) in [6.45, 7) is 10.4. The second kappa shape index (κ2) is 9.57. The third kappa shape index (κ3) is 6.03. The Morgan fingerprint density at radius 2 is 1.93 bits per heavy atom. The Morgan fingerprint density at radius 3 is 2.63 bits per heavy atom. The lowest BCUT2D eigenvalue weighted by Crippen LogP contribution is -2.23. The fourth-order valence-electron chi connectivity index (χ4n) is 2.82. The molecule has 2 N–H and O–H groups in total. The van der Waals surface area contributed by atoms with Gasteiger partial charge in [0.25, 0.3) is 0 Å². The van der Waals surface area contributed by atoms with Gasteiger partial charge in [-0.2, -0.15) is 0 Å². The lowest BCUT2D eigenvalue weighted by Gasteiger charge is -2.23. The number of halogens is 1. The molecule has 0 unspecified atom stereocenters. The van der Waals surface area contributed by atoms with Crippen molar-refractivity contribution in [2.75, 3.05) is 25.3 Å². The molecule has 0 atom stereocenters. The van der Waals surface area contributed by atoms with E-state index in [4.69, 9.17) is 14.5 Å². The highest BCUT2D eigenvalue weighted by molar-refractivity contribution is 7.14. The van der Waals surface area contributed by atoms with Gasteiger partial charge >= 0.3 is 0 Å². The highest BCUT2D eigenvalue weighted by atomic mass is 32.1. The summed E-state index contributed by atoms with van der Waals surface area (Å²) < 4.78 is 24.1. The third-order valence-corrected chi connectivity index (χ3v) is 4.75. The van der Waals surface area contributed by atoms with Gasteiger partial charge in [0.15, 0.2) is 5.13 Å². The maximum Gasteiger partial charge on any atom is 0.183 e. The topological polar surface area (TPSA) is 68.3 Å². The number of nitrogens with one attached hydrogen (secondary N) is 2. The summed E-state index contributed by atoms with van der Waals surface area (Å²) in [6, 6.07) is 7.94. The Hall–Kier alpha value is -2.45. The van der Waals surface area contributed by atoms with E-state index in [1.807, 2.05) is 50.4 Å². The smallest absolute Gasteiger partial charge is 0.183 e. The molecule has 0 radical (unpaired) electrons. The van der Waals surface area contributed by atoms with Gasteiger partial charge in [-0.15, -0.1) is 11.3 Å². The number of nitrogens with zero attached hydrogens (tertiary/aromatic N) is 2. The fraction of sp³-hybridized carbons (Fsp3) is 0.455. The van der Waals surface area contributed by atoms with Gasteiger partial charge in [0.2, 0.25) is 0 Å². The summed E-state index contributed by atoms with van der Waals surface area (Å²) >= 11 is 1.55. The molecule has 0 saturated carbocycles. The van der Waals surface area contributed by atoms with Crippen LogP contribution in [0.25, 0.3) is 22.3 Å². The van der Waals surface area contributed by atoms with Crippen LogP contribution in [0.5, 0.6) is 11.5 Å². The summed E-state index contributed by atoms with van der Waals surface area (Å²) in [5.74, 6) is 1.43. The van der Waals surface area contributed by atoms with E-state index in [0.29, 0.717) is 24.9 Å². The second-order valence-electron chi connectivity index (χ2n) is 8.22. The van der Waals surface area contributed by atoms with E-state index in [0.717, 1.165) is 33.2 Å². The normalized spacial score (nSPS) is 11.8. The van der Waals surface area contributed by atoms with Crippen molar-refractivity contribution < 1.29 is 13.9 Å². The first-order valence-corrected chi connectivity index (χ1v) is 10.9. The summed E-state index contributed by atoms with van der Waals surface area (Å²) in [5.41, 5.74) is 1.94. The highest BCUT2D eigenvalue weighted by Gasteiger charge is 2.18. The van der Waals surface area contributed by atoms with E-state index in [-0.39, 0.29) is 5.60 Å². The molecular formula is C22H29FN4O2S. The number of alkyl halides is 1. The van der Waals surface area contributed by atoms with Crippen molar-refractivity contribution in [1.29, 1.82) is 0 Å². The SMILES string of the molecule is CC(C)Nc1nc(-c2cc(OC(C)(C)C)c3ccc(OCCNCF)cc3n2)cs1. The number of fused-ring (bicyclic) bond motifs is 1. The van der Waals surface area contributed by atoms with Gasteiger partial charge < -0.3 is 14.8 Å². The van der Waals surface area contributed by atoms with Crippen molar-refractivity contribution in [2.45, 2.75) is 46.3 Å². The molecule has 0 aliphatic carbocycles. The lowest BCUT2D eigenvalue weighted by atomic mass is 10.1. The van der Waals surface area contributed by atoms with Crippen LogP contribution in [-0.4, -0.2) is 41.6 Å². The lowest BCUT2D eigenvalue weighted by molar-refractivity contribution is 0.133. The number of hydrogen-bond donors (Lipinski definition) is 2. The van der Waals surface area contributed by atoms with Crippen molar-refractivity contribution in [2.24, 2.45) is 0 Å². The van der Waals surface area contributed by atoms with E-state index >= 15 is 0 Å². The molecule has 3 rings (SSSR count). The number of ether oxygens (including phenoxy) is 2. The minimum atomic E-state index is -0.569. The van der Waals surface area contributed by atoms with Crippen LogP contribution in [0.15, 0.2) is 29.6 Å². The van der Waals surface area contributed by atoms with E-state index in [9.17, 15) is 4.39 Å². The van der Waals surface area contributed by atoms with Gasteiger partial charge in [0, 0.05) is 35.5 Å². The number of aromatic nitrogens is 2. The number of benzene rings is 1. The average Bonchev–Trinajstić information content (AvgIpc) is 3.11. The number of hydrogen-bond acceptors (Lipinski definition) is 7. The molecule has 6 nitrogen and oxygen atoms in total. The Morgan fingerprint density at radius 1 is 1.13 bits per heavy atom. The monoisotopic (exact) mass is 432 g/mol. The molecule has 2 heterocycles. The molecule has 0 fully saturated rings. The van der Waals surface area contributed by atoms with Gasteiger partial charge in [-0.25, -0.2) is 14.4 Å². The van der Waals surface area contributed by atoms with E-state index < -0.39 is 6.80 Å². The van der Waals surface area contributed by atoms with Gasteiger partial charge in [0.1, 0.15) is 36.2 Å². The van der Waals surface area contributed by atoms with Crippen LogP contribution in [0.2, 0.25) is 0 Å². The highest BCUT2D eigenvalue weighted by Crippen LogP contribution is 2.35. The van der Waals surface area contributed by atoms with Crippen LogP contribution < -0.4 is 20.1 Å². The minimum absolute atomic E-state index is 0.306. The van der Waals surface area contributed by atoms with Crippen LogP contribution in [0.4, 0.5) is 9.52 Å². The van der Waals surface area contributed by atoms with Crippen molar-refractivity contribution in [3.8, 4) is 22.9 Å². The standard InChI is InChI=1S/C22H29FN4O2S/c1-14(2)25-21-27-19(12-30-21)18-11-20(29-22(3,4)5)16-7-6-15(10-17(16)26-18)28-9-8-24-13-23/h6-7,10-12,14,24H,8-9,13H2,1-5H3,(H,25,27). The Bertz CT molecular complexity index is 985. The van der Waals surface area contributed by atoms with E-state index in [1.54, 1.807) is 11.3 Å². The van der Waals surface area contributed by atoms with E-state index in [2.05, 4.69) is 29.5 Å². The van der Waals surface area contributed by atoms with Crippen LogP contribution >= 0.6 is 11.3 Å². The van der Waals surface area contributed by atoms with Crippen LogP contribution in [0.3, 0.4) is 0 Å². The molecule has 30 heavy (non-hydrogen) atoms. The molecule has 8 heteroatoms. The number of anilines is 1. The first-order chi connectivity index (χ1) is 14.2. The molecule has 0 spiro atoms. The first kappa shape index (κ1) is 22.2. The second-order valence-corrected chi connectivity index (χ2v) is 9.08. The molecule has 0 aliphatic rings. The summed E-state index contributed by atoms with van der Waals surface area (Å²) in [7, 11) is 0. The zero-order valence-corrected chi connectivity index (χ0v) is 18.9. The van der Waals surface area contributed by atoms with E-state index in [1.165, 1.54) is 0 Å². The number of rotatable bonds is 9. The number of thiazole rings is 1. The first-order valence-electron chi connectivity index (χ1n) is 10.0. The predicted molar refractivity (Wildman–Crippen MR) is 121 cm³/mol. The third-order valence-electron chi connectivity index (χ3n) is 3.98. The van der Waals surface area contributed by atoms with Crippen molar-refractivity contribution in [1.82, 2.24) is 15.3 Å². The predicted octanol–water partition coefficient (Wildman–Crippen LogP) is 5.25. The molecule has 0 bridgehead atoms. The van der Waals surface area contributed by atoms with Crippen molar-refractivity contribution in [3.63, 3.8) is 0 Å². The van der Waals surface area contributed by atoms with Gasteiger partial charge in [0.05, 0.1) is 11.2 Å². The van der Waals surface area contributed by atoms with Crippen LogP contribution in [0.1, 0.15) is 34.6 Å². The zero-order chi connectivity index (χ0) is 21.7. The molecule has 2 aromatic heterocycles. The molecule has 162 valence electrons. The molecule has 1 aromatic carbocycles. The molecule has 0 amide bonds. The Labute approximate surface area is 180 Å². The van der Waals surface area contributed by atoms with Crippen LogP contribution in [-0.2, 0) is 0 Å². The fourth-order valence-corrected chi connectivity index (χ4v) is 3.68. The Balaban J connectivity index is 1.98. The average molecular weight is 433 g/mol. The summed E-state index contributed by atoms with van der Waals surface area (Å²) in [6.07, 6.45) is 0.